The molecule has 0 saturated carbocycles. The Bertz CT molecular complexity index is 850. The summed E-state index contributed by atoms with van der Waals surface area (Å²) in [5.74, 6) is 0.334. The Balaban J connectivity index is 1.39. The van der Waals surface area contributed by atoms with Gasteiger partial charge in [-0.3, -0.25) is 4.79 Å². The lowest BCUT2D eigenvalue weighted by molar-refractivity contribution is -0.115. The summed E-state index contributed by atoms with van der Waals surface area (Å²) in [5.41, 5.74) is 2.62. The summed E-state index contributed by atoms with van der Waals surface area (Å²) >= 11 is 0. The zero-order valence-electron chi connectivity index (χ0n) is 14.8. The minimum atomic E-state index is -0.328. The first kappa shape index (κ1) is 18.5. The maximum Gasteiger partial charge on any atom is 0.226 e. The Labute approximate surface area is 158 Å². The van der Waals surface area contributed by atoms with E-state index in [1.165, 1.54) is 24.3 Å². The van der Waals surface area contributed by atoms with Crippen molar-refractivity contribution >= 4 is 17.3 Å². The normalized spacial score (nSPS) is 10.3. The van der Waals surface area contributed by atoms with Gasteiger partial charge in [0.2, 0.25) is 5.91 Å². The van der Waals surface area contributed by atoms with Crippen LogP contribution in [0.4, 0.5) is 15.8 Å². The number of halogens is 1. The van der Waals surface area contributed by atoms with E-state index in [1.54, 1.807) is 0 Å². The van der Waals surface area contributed by atoms with Crippen LogP contribution in [0.5, 0.6) is 5.75 Å². The molecule has 5 heteroatoms. The summed E-state index contributed by atoms with van der Waals surface area (Å²) in [6.45, 7) is 1.02. The highest BCUT2D eigenvalue weighted by Crippen LogP contribution is 2.17. The number of amides is 1. The number of hydrogen-bond donors (Lipinski definition) is 2. The van der Waals surface area contributed by atoms with Crippen molar-refractivity contribution in [2.45, 2.75) is 13.0 Å². The average molecular weight is 364 g/mol. The summed E-state index contributed by atoms with van der Waals surface area (Å²) in [4.78, 5) is 11.9. The predicted octanol–water partition coefficient (Wildman–Crippen LogP) is 4.85. The van der Waals surface area contributed by atoms with Gasteiger partial charge in [0.25, 0.3) is 0 Å². The Morgan fingerprint density at radius 2 is 1.52 bits per heavy atom. The molecule has 0 unspecified atom stereocenters. The van der Waals surface area contributed by atoms with Crippen LogP contribution in [0.3, 0.4) is 0 Å². The molecule has 0 aliphatic rings. The van der Waals surface area contributed by atoms with E-state index in [4.69, 9.17) is 4.74 Å². The standard InChI is InChI=1S/C22H21FN2O2/c23-18-6-8-20(9-7-18)25-22(26)14-15-24-19-10-12-21(13-11-19)27-16-17-4-2-1-3-5-17/h1-13,24H,14-16H2,(H,25,26). The summed E-state index contributed by atoms with van der Waals surface area (Å²) in [6.07, 6.45) is 0.309. The van der Waals surface area contributed by atoms with Gasteiger partial charge in [-0.15, -0.1) is 0 Å². The molecule has 4 nitrogen and oxygen atoms in total. The molecule has 3 aromatic carbocycles. The summed E-state index contributed by atoms with van der Waals surface area (Å²) < 4.78 is 18.6. The summed E-state index contributed by atoms with van der Waals surface area (Å²) in [5, 5.41) is 5.93. The number of nitrogens with one attached hydrogen (secondary N) is 2. The zero-order valence-corrected chi connectivity index (χ0v) is 14.8. The van der Waals surface area contributed by atoms with Gasteiger partial charge in [0.15, 0.2) is 0 Å². The van der Waals surface area contributed by atoms with Gasteiger partial charge in [-0.25, -0.2) is 4.39 Å². The SMILES string of the molecule is O=C(CCNc1ccc(OCc2ccccc2)cc1)Nc1ccc(F)cc1. The average Bonchev–Trinajstić information content (AvgIpc) is 2.70. The van der Waals surface area contributed by atoms with Gasteiger partial charge in [0, 0.05) is 24.3 Å². The van der Waals surface area contributed by atoms with Crippen LogP contribution in [0, 0.1) is 5.82 Å². The summed E-state index contributed by atoms with van der Waals surface area (Å²) in [7, 11) is 0. The fourth-order valence-corrected chi connectivity index (χ4v) is 2.49. The predicted molar refractivity (Wildman–Crippen MR) is 105 cm³/mol. The highest BCUT2D eigenvalue weighted by molar-refractivity contribution is 5.90. The fourth-order valence-electron chi connectivity index (χ4n) is 2.49. The van der Waals surface area contributed by atoms with Crippen molar-refractivity contribution in [3.8, 4) is 5.75 Å². The van der Waals surface area contributed by atoms with E-state index in [0.717, 1.165) is 17.0 Å². The molecule has 0 atom stereocenters. The van der Waals surface area contributed by atoms with Crippen LogP contribution in [-0.2, 0) is 11.4 Å². The van der Waals surface area contributed by atoms with Crippen LogP contribution in [0.25, 0.3) is 0 Å². The molecule has 0 spiro atoms. The Morgan fingerprint density at radius 1 is 0.852 bits per heavy atom. The molecular formula is C22H21FN2O2. The first-order valence-electron chi connectivity index (χ1n) is 8.75. The lowest BCUT2D eigenvalue weighted by Gasteiger charge is -2.09. The van der Waals surface area contributed by atoms with Crippen LogP contribution in [0.15, 0.2) is 78.9 Å². The van der Waals surface area contributed by atoms with Gasteiger partial charge in [0.1, 0.15) is 18.2 Å². The number of benzene rings is 3. The fraction of sp³-hybridized carbons (Fsp3) is 0.136. The quantitative estimate of drug-likeness (QED) is 0.601. The number of carbonyl (C=O) groups is 1. The van der Waals surface area contributed by atoms with E-state index in [0.29, 0.717) is 25.3 Å². The molecule has 3 rings (SSSR count). The number of rotatable bonds is 8. The molecule has 3 aromatic rings. The molecule has 0 aliphatic heterocycles. The first-order valence-corrected chi connectivity index (χ1v) is 8.75. The second-order valence-corrected chi connectivity index (χ2v) is 6.03. The van der Waals surface area contributed by atoms with Crippen molar-refractivity contribution in [2.75, 3.05) is 17.2 Å². The molecule has 0 aliphatic carbocycles. The van der Waals surface area contributed by atoms with Crippen LogP contribution in [-0.4, -0.2) is 12.5 Å². The van der Waals surface area contributed by atoms with Gasteiger partial charge >= 0.3 is 0 Å². The van der Waals surface area contributed by atoms with E-state index >= 15 is 0 Å². The van der Waals surface area contributed by atoms with Crippen LogP contribution >= 0.6 is 0 Å². The van der Waals surface area contributed by atoms with E-state index in [-0.39, 0.29) is 11.7 Å². The lowest BCUT2D eigenvalue weighted by Crippen LogP contribution is -2.16. The van der Waals surface area contributed by atoms with E-state index in [9.17, 15) is 9.18 Å². The molecule has 0 fully saturated rings. The zero-order chi connectivity index (χ0) is 18.9. The van der Waals surface area contributed by atoms with Crippen LogP contribution in [0.1, 0.15) is 12.0 Å². The molecule has 0 radical (unpaired) electrons. The Hall–Kier alpha value is -3.34. The third kappa shape index (κ3) is 6.15. The number of anilines is 2. The van der Waals surface area contributed by atoms with Crippen molar-refractivity contribution in [2.24, 2.45) is 0 Å². The van der Waals surface area contributed by atoms with Crippen molar-refractivity contribution in [1.82, 2.24) is 0 Å². The van der Waals surface area contributed by atoms with E-state index in [2.05, 4.69) is 10.6 Å². The molecule has 0 bridgehead atoms. The Kier molecular flexibility index (Phi) is 6.41. The maximum absolute atomic E-state index is 12.8. The van der Waals surface area contributed by atoms with Crippen molar-refractivity contribution in [3.05, 3.63) is 90.2 Å². The van der Waals surface area contributed by atoms with Crippen molar-refractivity contribution in [1.29, 1.82) is 0 Å². The van der Waals surface area contributed by atoms with Gasteiger partial charge in [-0.1, -0.05) is 30.3 Å². The monoisotopic (exact) mass is 364 g/mol. The van der Waals surface area contributed by atoms with Gasteiger partial charge in [-0.05, 0) is 54.1 Å². The number of hydrogen-bond acceptors (Lipinski definition) is 3. The summed E-state index contributed by atoms with van der Waals surface area (Å²) in [6, 6.07) is 23.3. The molecule has 138 valence electrons. The molecule has 0 saturated heterocycles. The molecular weight excluding hydrogens is 343 g/mol. The van der Waals surface area contributed by atoms with Gasteiger partial charge in [-0.2, -0.15) is 0 Å². The molecule has 1 amide bonds. The minimum Gasteiger partial charge on any atom is -0.489 e. The highest BCUT2D eigenvalue weighted by Gasteiger charge is 2.03. The highest BCUT2D eigenvalue weighted by atomic mass is 19.1. The largest absolute Gasteiger partial charge is 0.489 e. The minimum absolute atomic E-state index is 0.128. The van der Waals surface area contributed by atoms with Crippen molar-refractivity contribution < 1.29 is 13.9 Å². The van der Waals surface area contributed by atoms with E-state index < -0.39 is 0 Å². The lowest BCUT2D eigenvalue weighted by atomic mass is 10.2. The first-order chi connectivity index (χ1) is 13.2. The van der Waals surface area contributed by atoms with Crippen molar-refractivity contribution in [3.63, 3.8) is 0 Å². The number of carbonyl (C=O) groups excluding carboxylic acids is 1. The second-order valence-electron chi connectivity index (χ2n) is 6.03. The third-order valence-electron chi connectivity index (χ3n) is 3.91. The molecule has 0 aromatic heterocycles. The molecule has 0 heterocycles. The smallest absolute Gasteiger partial charge is 0.226 e. The third-order valence-corrected chi connectivity index (χ3v) is 3.91. The van der Waals surface area contributed by atoms with E-state index in [1.807, 2.05) is 54.6 Å². The topological polar surface area (TPSA) is 50.4 Å². The van der Waals surface area contributed by atoms with Crippen LogP contribution in [0.2, 0.25) is 0 Å². The molecule has 27 heavy (non-hydrogen) atoms. The number of ether oxygens (including phenoxy) is 1. The Morgan fingerprint density at radius 3 is 2.22 bits per heavy atom. The van der Waals surface area contributed by atoms with Gasteiger partial charge in [0.05, 0.1) is 0 Å². The van der Waals surface area contributed by atoms with Gasteiger partial charge < -0.3 is 15.4 Å². The molecule has 2 N–H and O–H groups in total. The maximum atomic E-state index is 12.8. The van der Waals surface area contributed by atoms with Crippen LogP contribution < -0.4 is 15.4 Å². The second kappa shape index (κ2) is 9.38.